The molecule has 0 aromatic rings. The quantitative estimate of drug-likeness (QED) is 0.786. The van der Waals surface area contributed by atoms with Crippen LogP contribution in [0.3, 0.4) is 0 Å². The standard InChI is InChI=1S/C17H31NO/c1-2-19-16-13-15(17(16)10-6-11-17)18-12-9-14-7-4-3-5-8-14/h14-16,18H,2-13H2,1H3. The molecule has 0 heterocycles. The van der Waals surface area contributed by atoms with Crippen LogP contribution < -0.4 is 5.32 Å². The normalized spacial score (nSPS) is 33.9. The highest BCUT2D eigenvalue weighted by Crippen LogP contribution is 2.57. The molecule has 0 aliphatic heterocycles. The Bertz CT molecular complexity index is 281. The van der Waals surface area contributed by atoms with Gasteiger partial charge in [0, 0.05) is 18.1 Å². The van der Waals surface area contributed by atoms with Crippen LogP contribution in [0.1, 0.15) is 71.1 Å². The second-order valence-electron chi connectivity index (χ2n) is 7.07. The first kappa shape index (κ1) is 13.9. The molecule has 0 saturated heterocycles. The molecule has 0 aromatic carbocycles. The first-order chi connectivity index (χ1) is 9.35. The van der Waals surface area contributed by atoms with Gasteiger partial charge in [-0.1, -0.05) is 38.5 Å². The Balaban J connectivity index is 1.39. The summed E-state index contributed by atoms with van der Waals surface area (Å²) in [5, 5.41) is 3.87. The van der Waals surface area contributed by atoms with Gasteiger partial charge in [-0.2, -0.15) is 0 Å². The van der Waals surface area contributed by atoms with E-state index in [0.29, 0.717) is 11.5 Å². The first-order valence-electron chi connectivity index (χ1n) is 8.70. The minimum Gasteiger partial charge on any atom is -0.378 e. The molecule has 0 aromatic heterocycles. The van der Waals surface area contributed by atoms with Crippen LogP contribution in [0, 0.1) is 11.3 Å². The molecule has 2 unspecified atom stereocenters. The third-order valence-electron chi connectivity index (χ3n) is 6.11. The summed E-state index contributed by atoms with van der Waals surface area (Å²) in [5.74, 6) is 1.02. The zero-order chi connectivity index (χ0) is 13.1. The molecule has 2 atom stereocenters. The predicted molar refractivity (Wildman–Crippen MR) is 79.3 cm³/mol. The van der Waals surface area contributed by atoms with Crippen LogP contribution >= 0.6 is 0 Å². The van der Waals surface area contributed by atoms with Crippen LogP contribution in [0.4, 0.5) is 0 Å². The topological polar surface area (TPSA) is 21.3 Å². The van der Waals surface area contributed by atoms with E-state index in [9.17, 15) is 0 Å². The smallest absolute Gasteiger partial charge is 0.0661 e. The van der Waals surface area contributed by atoms with Crippen molar-refractivity contribution in [3.8, 4) is 0 Å². The highest BCUT2D eigenvalue weighted by Gasteiger charge is 2.58. The second kappa shape index (κ2) is 6.13. The summed E-state index contributed by atoms with van der Waals surface area (Å²) in [6.45, 7) is 4.27. The van der Waals surface area contributed by atoms with Gasteiger partial charge < -0.3 is 10.1 Å². The summed E-state index contributed by atoms with van der Waals surface area (Å²) >= 11 is 0. The molecule has 3 fully saturated rings. The molecular formula is C17H31NO. The van der Waals surface area contributed by atoms with Crippen molar-refractivity contribution < 1.29 is 4.74 Å². The number of hydrogen-bond acceptors (Lipinski definition) is 2. The van der Waals surface area contributed by atoms with Gasteiger partial charge in [-0.3, -0.25) is 0 Å². The molecule has 3 aliphatic carbocycles. The van der Waals surface area contributed by atoms with E-state index in [1.165, 1.54) is 70.8 Å². The maximum atomic E-state index is 5.92. The Morgan fingerprint density at radius 1 is 1.11 bits per heavy atom. The van der Waals surface area contributed by atoms with Gasteiger partial charge in [-0.15, -0.1) is 0 Å². The number of nitrogens with one attached hydrogen (secondary N) is 1. The lowest BCUT2D eigenvalue weighted by atomic mass is 9.51. The lowest BCUT2D eigenvalue weighted by Crippen LogP contribution is -2.67. The van der Waals surface area contributed by atoms with Crippen molar-refractivity contribution in [2.24, 2.45) is 11.3 Å². The van der Waals surface area contributed by atoms with E-state index in [4.69, 9.17) is 4.74 Å². The van der Waals surface area contributed by atoms with Crippen LogP contribution in [-0.4, -0.2) is 25.3 Å². The van der Waals surface area contributed by atoms with Crippen molar-refractivity contribution in [2.75, 3.05) is 13.2 Å². The fourth-order valence-corrected chi connectivity index (χ4v) is 4.66. The Hall–Kier alpha value is -0.0800. The molecule has 3 saturated carbocycles. The average Bonchev–Trinajstić information content (AvgIpc) is 2.36. The molecule has 1 N–H and O–H groups in total. The van der Waals surface area contributed by atoms with Crippen LogP contribution in [0.15, 0.2) is 0 Å². The van der Waals surface area contributed by atoms with Gasteiger partial charge in [0.1, 0.15) is 0 Å². The Labute approximate surface area is 118 Å². The number of rotatable bonds is 6. The molecule has 0 bridgehead atoms. The van der Waals surface area contributed by atoms with Gasteiger partial charge in [0.2, 0.25) is 0 Å². The molecule has 0 radical (unpaired) electrons. The summed E-state index contributed by atoms with van der Waals surface area (Å²) in [7, 11) is 0. The van der Waals surface area contributed by atoms with Gasteiger partial charge in [0.15, 0.2) is 0 Å². The lowest BCUT2D eigenvalue weighted by Gasteiger charge is -2.61. The van der Waals surface area contributed by atoms with Crippen molar-refractivity contribution >= 4 is 0 Å². The van der Waals surface area contributed by atoms with Gasteiger partial charge in [0.25, 0.3) is 0 Å². The fourth-order valence-electron chi connectivity index (χ4n) is 4.66. The highest BCUT2D eigenvalue weighted by atomic mass is 16.5. The van der Waals surface area contributed by atoms with E-state index in [2.05, 4.69) is 12.2 Å². The predicted octanol–water partition coefficient (Wildman–Crippen LogP) is 3.89. The van der Waals surface area contributed by atoms with Crippen molar-refractivity contribution in [3.05, 3.63) is 0 Å². The molecule has 1 spiro atoms. The van der Waals surface area contributed by atoms with Gasteiger partial charge in [-0.05, 0) is 45.1 Å². The van der Waals surface area contributed by atoms with E-state index in [1.54, 1.807) is 0 Å². The largest absolute Gasteiger partial charge is 0.378 e. The molecular weight excluding hydrogens is 234 g/mol. The van der Waals surface area contributed by atoms with Gasteiger partial charge >= 0.3 is 0 Å². The summed E-state index contributed by atoms with van der Waals surface area (Å²) in [4.78, 5) is 0. The minimum absolute atomic E-state index is 0.544. The maximum Gasteiger partial charge on any atom is 0.0661 e. The van der Waals surface area contributed by atoms with E-state index in [0.717, 1.165) is 18.6 Å². The van der Waals surface area contributed by atoms with Gasteiger partial charge in [0.05, 0.1) is 6.10 Å². The van der Waals surface area contributed by atoms with Crippen LogP contribution in [0.5, 0.6) is 0 Å². The Kier molecular flexibility index (Phi) is 4.48. The molecule has 3 rings (SSSR count). The second-order valence-corrected chi connectivity index (χ2v) is 7.07. The van der Waals surface area contributed by atoms with E-state index < -0.39 is 0 Å². The molecule has 19 heavy (non-hydrogen) atoms. The highest BCUT2D eigenvalue weighted by molar-refractivity contribution is 5.12. The van der Waals surface area contributed by atoms with Crippen LogP contribution in [-0.2, 0) is 4.74 Å². The zero-order valence-electron chi connectivity index (χ0n) is 12.6. The molecule has 2 heteroatoms. The molecule has 0 amide bonds. The molecule has 110 valence electrons. The fraction of sp³-hybridized carbons (Fsp3) is 1.00. The number of hydrogen-bond donors (Lipinski definition) is 1. The van der Waals surface area contributed by atoms with Crippen LogP contribution in [0.2, 0.25) is 0 Å². The first-order valence-corrected chi connectivity index (χ1v) is 8.70. The summed E-state index contributed by atoms with van der Waals surface area (Å²) in [6.07, 6.45) is 14.9. The van der Waals surface area contributed by atoms with E-state index in [-0.39, 0.29) is 0 Å². The van der Waals surface area contributed by atoms with Crippen molar-refractivity contribution in [3.63, 3.8) is 0 Å². The summed E-state index contributed by atoms with van der Waals surface area (Å²) in [5.41, 5.74) is 0.544. The summed E-state index contributed by atoms with van der Waals surface area (Å²) in [6, 6.07) is 0.765. The SMILES string of the molecule is CCOC1CC(NCCC2CCCCC2)C12CCC2. The van der Waals surface area contributed by atoms with E-state index in [1.807, 2.05) is 0 Å². The lowest BCUT2D eigenvalue weighted by molar-refractivity contribution is -0.172. The van der Waals surface area contributed by atoms with Crippen molar-refractivity contribution in [2.45, 2.75) is 83.3 Å². The summed E-state index contributed by atoms with van der Waals surface area (Å²) < 4.78 is 5.92. The average molecular weight is 265 g/mol. The van der Waals surface area contributed by atoms with Crippen LogP contribution in [0.25, 0.3) is 0 Å². The zero-order valence-corrected chi connectivity index (χ0v) is 12.6. The maximum absolute atomic E-state index is 5.92. The van der Waals surface area contributed by atoms with E-state index >= 15 is 0 Å². The Morgan fingerprint density at radius 2 is 1.89 bits per heavy atom. The molecule has 3 aliphatic rings. The minimum atomic E-state index is 0.544. The van der Waals surface area contributed by atoms with Crippen molar-refractivity contribution in [1.82, 2.24) is 5.32 Å². The monoisotopic (exact) mass is 265 g/mol. The van der Waals surface area contributed by atoms with Gasteiger partial charge in [-0.25, -0.2) is 0 Å². The Morgan fingerprint density at radius 3 is 2.53 bits per heavy atom. The molecule has 2 nitrogen and oxygen atoms in total. The van der Waals surface area contributed by atoms with Crippen molar-refractivity contribution in [1.29, 1.82) is 0 Å². The number of ether oxygens (including phenoxy) is 1. The third kappa shape index (κ3) is 2.71. The third-order valence-corrected chi connectivity index (χ3v) is 6.11.